The smallest absolute Gasteiger partial charge is 0.0423 e. The second-order valence-electron chi connectivity index (χ2n) is 13.9. The Morgan fingerprint density at radius 2 is 1.30 bits per heavy atom. The summed E-state index contributed by atoms with van der Waals surface area (Å²) >= 11 is 8.94. The summed E-state index contributed by atoms with van der Waals surface area (Å²) in [4.78, 5) is 0. The van der Waals surface area contributed by atoms with Gasteiger partial charge in [0, 0.05) is 22.3 Å². The molecule has 0 bridgehead atoms. The van der Waals surface area contributed by atoms with E-state index in [2.05, 4.69) is 143 Å². The SMILES string of the molecule is C=C(c1c(C)ccc(C)c1N)[C@H](S)CC(C)CCc1ccccc1.CC1C=CC(CCCCCc2ccccc2)=CC1.SCc1ccccc1. The Labute approximate surface area is 316 Å². The van der Waals surface area contributed by atoms with Crippen LogP contribution in [0.1, 0.15) is 92.2 Å². The highest BCUT2D eigenvalue weighted by Gasteiger charge is 2.18. The Kier molecular flexibility index (Phi) is 19.0. The van der Waals surface area contributed by atoms with Crippen molar-refractivity contribution in [2.24, 2.45) is 11.8 Å². The maximum Gasteiger partial charge on any atom is 0.0423 e. The predicted molar refractivity (Wildman–Crippen MR) is 229 cm³/mol. The number of nitrogen functional groups attached to an aromatic ring is 1. The first-order valence-corrected chi connectivity index (χ1v) is 19.7. The van der Waals surface area contributed by atoms with Crippen molar-refractivity contribution >= 4 is 36.5 Å². The summed E-state index contributed by atoms with van der Waals surface area (Å²) in [5, 5.41) is 0.138. The maximum absolute atomic E-state index is 6.29. The molecule has 0 fully saturated rings. The van der Waals surface area contributed by atoms with Gasteiger partial charge in [0.15, 0.2) is 0 Å². The molecule has 2 N–H and O–H groups in total. The molecule has 1 nitrogen and oxygen atoms in total. The second-order valence-corrected chi connectivity index (χ2v) is 14.9. The number of nitrogens with two attached hydrogens (primary N) is 1. The minimum atomic E-state index is 0.138. The van der Waals surface area contributed by atoms with Gasteiger partial charge in [-0.2, -0.15) is 25.3 Å². The minimum Gasteiger partial charge on any atom is -0.398 e. The van der Waals surface area contributed by atoms with Crippen molar-refractivity contribution in [2.45, 2.75) is 96.5 Å². The third kappa shape index (κ3) is 15.2. The summed E-state index contributed by atoms with van der Waals surface area (Å²) in [6, 6.07) is 35.8. The van der Waals surface area contributed by atoms with Crippen molar-refractivity contribution in [3.8, 4) is 0 Å². The van der Waals surface area contributed by atoms with Crippen molar-refractivity contribution < 1.29 is 0 Å². The molecule has 0 radical (unpaired) electrons. The Morgan fingerprint density at radius 3 is 1.84 bits per heavy atom. The molecule has 0 aromatic heterocycles. The van der Waals surface area contributed by atoms with E-state index in [-0.39, 0.29) is 5.25 Å². The third-order valence-electron chi connectivity index (χ3n) is 9.48. The first-order chi connectivity index (χ1) is 24.2. The summed E-state index contributed by atoms with van der Waals surface area (Å²) in [7, 11) is 0. The van der Waals surface area contributed by atoms with Crippen LogP contribution in [-0.2, 0) is 18.6 Å². The average molecular weight is 704 g/mol. The van der Waals surface area contributed by atoms with E-state index in [9.17, 15) is 0 Å². The molecule has 2 unspecified atom stereocenters. The molecule has 5 rings (SSSR count). The highest BCUT2D eigenvalue weighted by Crippen LogP contribution is 2.34. The van der Waals surface area contributed by atoms with Gasteiger partial charge in [-0.1, -0.05) is 154 Å². The zero-order valence-corrected chi connectivity index (χ0v) is 32.8. The number of hydrogen-bond donors (Lipinski definition) is 3. The van der Waals surface area contributed by atoms with Crippen LogP contribution in [0.5, 0.6) is 0 Å². The number of rotatable bonds is 14. The largest absolute Gasteiger partial charge is 0.398 e. The van der Waals surface area contributed by atoms with Gasteiger partial charge in [-0.25, -0.2) is 0 Å². The number of hydrogen-bond acceptors (Lipinski definition) is 3. The van der Waals surface area contributed by atoms with Gasteiger partial charge in [-0.15, -0.1) is 0 Å². The van der Waals surface area contributed by atoms with Gasteiger partial charge in [-0.3, -0.25) is 0 Å². The van der Waals surface area contributed by atoms with E-state index in [0.29, 0.717) is 5.92 Å². The molecule has 0 heterocycles. The average Bonchev–Trinajstić information content (AvgIpc) is 3.14. The van der Waals surface area contributed by atoms with Gasteiger partial charge in [0.25, 0.3) is 0 Å². The van der Waals surface area contributed by atoms with E-state index < -0.39 is 0 Å². The molecule has 0 saturated heterocycles. The van der Waals surface area contributed by atoms with E-state index in [1.54, 1.807) is 5.57 Å². The summed E-state index contributed by atoms with van der Waals surface area (Å²) in [6.45, 7) is 13.0. The number of allylic oxidation sites excluding steroid dienone is 4. The number of unbranched alkanes of at least 4 members (excludes halogenated alkanes) is 2. The third-order valence-corrected chi connectivity index (χ3v) is 10.4. The van der Waals surface area contributed by atoms with Crippen molar-refractivity contribution in [2.75, 3.05) is 5.73 Å². The molecule has 266 valence electrons. The van der Waals surface area contributed by atoms with Crippen LogP contribution < -0.4 is 5.73 Å². The highest BCUT2D eigenvalue weighted by molar-refractivity contribution is 7.81. The Balaban J connectivity index is 0.000000227. The van der Waals surface area contributed by atoms with Crippen LogP contribution in [0.4, 0.5) is 5.69 Å². The second kappa shape index (κ2) is 23.1. The molecule has 50 heavy (non-hydrogen) atoms. The van der Waals surface area contributed by atoms with E-state index in [1.807, 2.05) is 25.1 Å². The van der Waals surface area contributed by atoms with Crippen LogP contribution >= 0.6 is 25.3 Å². The molecule has 0 saturated carbocycles. The Hall–Kier alpha value is -3.40. The van der Waals surface area contributed by atoms with E-state index in [4.69, 9.17) is 18.4 Å². The molecular formula is C47H61NS2. The maximum atomic E-state index is 6.29. The molecule has 1 aliphatic carbocycles. The lowest BCUT2D eigenvalue weighted by Gasteiger charge is -2.22. The summed E-state index contributed by atoms with van der Waals surface area (Å²) < 4.78 is 0. The fraction of sp³-hybridized carbons (Fsp3) is 0.362. The first-order valence-electron chi connectivity index (χ1n) is 18.5. The number of thiol groups is 2. The fourth-order valence-electron chi connectivity index (χ4n) is 6.14. The molecule has 0 spiro atoms. The van der Waals surface area contributed by atoms with Gasteiger partial charge < -0.3 is 5.73 Å². The topological polar surface area (TPSA) is 26.0 Å². The van der Waals surface area contributed by atoms with Crippen molar-refractivity contribution in [3.63, 3.8) is 0 Å². The Bertz CT molecular complexity index is 1590. The summed E-state index contributed by atoms with van der Waals surface area (Å²) in [5.74, 6) is 2.17. The first kappa shape index (κ1) is 41.0. The van der Waals surface area contributed by atoms with Gasteiger partial charge >= 0.3 is 0 Å². The lowest BCUT2D eigenvalue weighted by molar-refractivity contribution is 0.505. The van der Waals surface area contributed by atoms with E-state index in [1.165, 1.54) is 60.8 Å². The van der Waals surface area contributed by atoms with Crippen molar-refractivity contribution in [3.05, 3.63) is 167 Å². The van der Waals surface area contributed by atoms with Crippen LogP contribution in [0.25, 0.3) is 5.57 Å². The molecule has 0 amide bonds. The minimum absolute atomic E-state index is 0.138. The van der Waals surface area contributed by atoms with Gasteiger partial charge in [0.1, 0.15) is 0 Å². The molecule has 3 atom stereocenters. The molecule has 1 aliphatic rings. The number of aryl methyl sites for hydroxylation is 4. The number of benzene rings is 4. The summed E-state index contributed by atoms with van der Waals surface area (Å²) in [6.07, 6.45) is 18.1. The van der Waals surface area contributed by atoms with Crippen LogP contribution in [0.3, 0.4) is 0 Å². The zero-order chi connectivity index (χ0) is 36.1. The lowest BCUT2D eigenvalue weighted by Crippen LogP contribution is -2.11. The van der Waals surface area contributed by atoms with E-state index in [0.717, 1.165) is 53.3 Å². The molecule has 3 heteroatoms. The monoisotopic (exact) mass is 703 g/mol. The molecule has 0 aliphatic heterocycles. The highest BCUT2D eigenvalue weighted by atomic mass is 32.1. The van der Waals surface area contributed by atoms with Crippen LogP contribution in [0, 0.1) is 25.7 Å². The Morgan fingerprint density at radius 1 is 0.760 bits per heavy atom. The lowest BCUT2D eigenvalue weighted by atomic mass is 9.89. The number of anilines is 1. The molecule has 4 aromatic carbocycles. The van der Waals surface area contributed by atoms with Crippen LogP contribution in [-0.4, -0.2) is 5.25 Å². The van der Waals surface area contributed by atoms with Crippen molar-refractivity contribution in [1.82, 2.24) is 0 Å². The zero-order valence-electron chi connectivity index (χ0n) is 31.0. The van der Waals surface area contributed by atoms with Crippen LogP contribution in [0.15, 0.2) is 134 Å². The van der Waals surface area contributed by atoms with Crippen LogP contribution in [0.2, 0.25) is 0 Å². The standard InChI is InChI=1S/C22H29NS.C18H24.C7H8S/c1-15(10-13-19-8-6-5-7-9-19)14-20(24)18(4)21-16(2)11-12-17(3)22(21)23;1-16-12-14-18(15-13-16)11-7-3-6-10-17-8-4-2-5-9-17;8-6-7-4-2-1-3-5-7/h5-9,11-12,15,20,24H,4,10,13-14,23H2,1-3H3;2,4-5,8-9,12,14-16H,3,6-7,10-11,13H2,1H3;1-5,8H,6H2/t15?,20-;;/m1../s1. The van der Waals surface area contributed by atoms with E-state index >= 15 is 0 Å². The predicted octanol–water partition coefficient (Wildman–Crippen LogP) is 13.3. The summed E-state index contributed by atoms with van der Waals surface area (Å²) in [5.41, 5.74) is 17.3. The van der Waals surface area contributed by atoms with Gasteiger partial charge in [0.2, 0.25) is 0 Å². The van der Waals surface area contributed by atoms with Gasteiger partial charge in [0.05, 0.1) is 0 Å². The van der Waals surface area contributed by atoms with Gasteiger partial charge in [-0.05, 0) is 110 Å². The van der Waals surface area contributed by atoms with Crippen molar-refractivity contribution in [1.29, 1.82) is 0 Å². The quantitative estimate of drug-likeness (QED) is 0.0680. The normalized spacial score (nSPS) is 14.7. The molecular weight excluding hydrogens is 643 g/mol. The fourth-order valence-corrected chi connectivity index (χ4v) is 6.84. The molecule has 4 aromatic rings.